The van der Waals surface area contributed by atoms with Gasteiger partial charge >= 0.3 is 5.97 Å². The normalized spacial score (nSPS) is 11.4. The molecule has 0 aromatic heterocycles. The number of benzene rings is 4. The maximum absolute atomic E-state index is 14.6. The van der Waals surface area contributed by atoms with Crippen LogP contribution in [-0.2, 0) is 4.79 Å². The van der Waals surface area contributed by atoms with Gasteiger partial charge in [0.15, 0.2) is 0 Å². The average Bonchev–Trinajstić information content (AvgIpc) is 2.83. The predicted octanol–water partition coefficient (Wildman–Crippen LogP) is 6.78. The van der Waals surface area contributed by atoms with Crippen LogP contribution in [0.3, 0.4) is 0 Å². The Labute approximate surface area is 191 Å². The van der Waals surface area contributed by atoms with Gasteiger partial charge in [-0.2, -0.15) is 0 Å². The lowest BCUT2D eigenvalue weighted by Gasteiger charge is -2.13. The van der Waals surface area contributed by atoms with Crippen molar-refractivity contribution in [1.82, 2.24) is 0 Å². The molecule has 0 radical (unpaired) electrons. The molecule has 0 spiro atoms. The zero-order chi connectivity index (χ0) is 23.4. The minimum atomic E-state index is -1.08. The van der Waals surface area contributed by atoms with Crippen LogP contribution in [0, 0.1) is 5.82 Å². The van der Waals surface area contributed by atoms with E-state index < -0.39 is 17.7 Å². The maximum Gasteiger partial charge on any atom is 0.328 e. The average molecular weight is 439 g/mol. The number of carboxylic acid groups (broad SMARTS) is 1. The first-order valence-electron chi connectivity index (χ1n) is 10.6. The molecule has 0 aliphatic rings. The molecule has 4 aromatic rings. The first-order valence-corrected chi connectivity index (χ1v) is 10.6. The van der Waals surface area contributed by atoms with Gasteiger partial charge in [-0.3, -0.25) is 4.79 Å². The maximum atomic E-state index is 14.6. The van der Waals surface area contributed by atoms with Crippen LogP contribution < -0.4 is 5.32 Å². The van der Waals surface area contributed by atoms with Crippen molar-refractivity contribution in [3.8, 4) is 11.1 Å². The number of nitrogens with one attached hydrogen (secondary N) is 1. The molecule has 0 fully saturated rings. The van der Waals surface area contributed by atoms with E-state index in [-0.39, 0.29) is 5.69 Å². The Morgan fingerprint density at radius 2 is 1.64 bits per heavy atom. The fourth-order valence-electron chi connectivity index (χ4n) is 3.84. The zero-order valence-corrected chi connectivity index (χ0v) is 18.0. The number of hydrogen-bond acceptors (Lipinski definition) is 2. The minimum Gasteiger partial charge on any atom is -0.478 e. The van der Waals surface area contributed by atoms with Crippen molar-refractivity contribution in [1.29, 1.82) is 0 Å². The first-order chi connectivity index (χ1) is 16.0. The molecule has 0 aliphatic heterocycles. The highest BCUT2D eigenvalue weighted by molar-refractivity contribution is 6.14. The molecule has 0 bridgehead atoms. The molecule has 0 saturated heterocycles. The largest absolute Gasteiger partial charge is 0.478 e. The van der Waals surface area contributed by atoms with Crippen molar-refractivity contribution in [2.24, 2.45) is 0 Å². The van der Waals surface area contributed by atoms with Crippen LogP contribution in [0.4, 0.5) is 10.1 Å². The van der Waals surface area contributed by atoms with E-state index in [1.54, 1.807) is 6.07 Å². The second-order valence-electron chi connectivity index (χ2n) is 7.62. The van der Waals surface area contributed by atoms with E-state index in [1.165, 1.54) is 18.2 Å². The molecule has 0 aliphatic carbocycles. The number of carbonyl (C=O) groups is 2. The van der Waals surface area contributed by atoms with Gasteiger partial charge in [0.25, 0.3) is 5.91 Å². The fraction of sp³-hybridized carbons (Fsp3) is 0.0714. The smallest absolute Gasteiger partial charge is 0.328 e. The summed E-state index contributed by atoms with van der Waals surface area (Å²) in [6.07, 6.45) is 1.55. The fourth-order valence-corrected chi connectivity index (χ4v) is 3.84. The van der Waals surface area contributed by atoms with Gasteiger partial charge in [0.1, 0.15) is 5.82 Å². The van der Waals surface area contributed by atoms with Crippen molar-refractivity contribution in [2.75, 3.05) is 5.32 Å². The van der Waals surface area contributed by atoms with Gasteiger partial charge < -0.3 is 10.4 Å². The van der Waals surface area contributed by atoms with E-state index >= 15 is 0 Å². The molecule has 4 aromatic carbocycles. The molecule has 0 heterocycles. The monoisotopic (exact) mass is 439 g/mol. The summed E-state index contributed by atoms with van der Waals surface area (Å²) >= 11 is 0. The van der Waals surface area contributed by atoms with Gasteiger partial charge in [-0.05, 0) is 63.7 Å². The number of aliphatic carboxylic acids is 1. The Balaban J connectivity index is 1.76. The number of hydrogen-bond donors (Lipinski definition) is 2. The van der Waals surface area contributed by atoms with Gasteiger partial charge in [0.2, 0.25) is 0 Å². The standard InChI is InChI=1S/C28H22FNO3/c1-2-18(17-27(31)32)20-12-13-25(29)26(16-20)30-28(33)24-15-22(19-8-4-3-5-9-19)14-21-10-6-7-11-23(21)24/h3-17H,2H2,1H3,(H,30,33)(H,31,32)/b18-17+. The van der Waals surface area contributed by atoms with Crippen molar-refractivity contribution in [3.05, 3.63) is 108 Å². The van der Waals surface area contributed by atoms with Crippen molar-refractivity contribution in [2.45, 2.75) is 13.3 Å². The number of carboxylic acids is 1. The summed E-state index contributed by atoms with van der Waals surface area (Å²) in [6.45, 7) is 1.82. The second-order valence-corrected chi connectivity index (χ2v) is 7.62. The summed E-state index contributed by atoms with van der Waals surface area (Å²) < 4.78 is 14.6. The van der Waals surface area contributed by atoms with E-state index in [2.05, 4.69) is 5.32 Å². The van der Waals surface area contributed by atoms with Crippen LogP contribution in [0.5, 0.6) is 0 Å². The summed E-state index contributed by atoms with van der Waals surface area (Å²) in [7, 11) is 0. The molecule has 4 rings (SSSR count). The van der Waals surface area contributed by atoms with Crippen molar-refractivity contribution < 1.29 is 19.1 Å². The number of allylic oxidation sites excluding steroid dienone is 1. The topological polar surface area (TPSA) is 66.4 Å². The zero-order valence-electron chi connectivity index (χ0n) is 18.0. The number of rotatable bonds is 6. The quantitative estimate of drug-likeness (QED) is 0.326. The summed E-state index contributed by atoms with van der Waals surface area (Å²) in [5.74, 6) is -2.12. The lowest BCUT2D eigenvalue weighted by molar-refractivity contribution is -0.131. The third-order valence-corrected chi connectivity index (χ3v) is 5.48. The highest BCUT2D eigenvalue weighted by Gasteiger charge is 2.16. The summed E-state index contributed by atoms with van der Waals surface area (Å²) in [5.41, 5.74) is 3.35. The third-order valence-electron chi connectivity index (χ3n) is 5.48. The molecule has 5 heteroatoms. The number of carbonyl (C=O) groups excluding carboxylic acids is 1. The van der Waals surface area contributed by atoms with Crippen LogP contribution in [0.15, 0.2) is 91.0 Å². The Bertz CT molecular complexity index is 1380. The third kappa shape index (κ3) is 4.83. The second kappa shape index (κ2) is 9.49. The summed E-state index contributed by atoms with van der Waals surface area (Å²) in [5, 5.41) is 13.4. The molecule has 0 saturated carbocycles. The van der Waals surface area contributed by atoms with Crippen LogP contribution in [0.2, 0.25) is 0 Å². The lowest BCUT2D eigenvalue weighted by Crippen LogP contribution is -2.14. The van der Waals surface area contributed by atoms with Gasteiger partial charge in [-0.1, -0.05) is 67.6 Å². The molecule has 2 N–H and O–H groups in total. The highest BCUT2D eigenvalue weighted by atomic mass is 19.1. The Hall–Kier alpha value is -4.25. The molecular weight excluding hydrogens is 417 g/mol. The number of amides is 1. The van der Waals surface area contributed by atoms with Gasteiger partial charge in [0, 0.05) is 11.6 Å². The number of halogens is 1. The van der Waals surface area contributed by atoms with Crippen LogP contribution in [0.1, 0.15) is 29.3 Å². The molecule has 0 atom stereocenters. The molecule has 0 unspecified atom stereocenters. The van der Waals surface area contributed by atoms with Crippen LogP contribution >= 0.6 is 0 Å². The molecular formula is C28H22FNO3. The lowest BCUT2D eigenvalue weighted by atomic mass is 9.96. The molecule has 1 amide bonds. The van der Waals surface area contributed by atoms with E-state index in [9.17, 15) is 14.0 Å². The highest BCUT2D eigenvalue weighted by Crippen LogP contribution is 2.29. The molecule has 33 heavy (non-hydrogen) atoms. The molecule has 4 nitrogen and oxygen atoms in total. The predicted molar refractivity (Wildman–Crippen MR) is 130 cm³/mol. The van der Waals surface area contributed by atoms with Gasteiger partial charge in [-0.15, -0.1) is 0 Å². The van der Waals surface area contributed by atoms with E-state index in [1.807, 2.05) is 67.6 Å². The number of fused-ring (bicyclic) bond motifs is 1. The minimum absolute atomic E-state index is 0.00330. The van der Waals surface area contributed by atoms with E-state index in [0.717, 1.165) is 28.0 Å². The number of anilines is 1. The van der Waals surface area contributed by atoms with Crippen LogP contribution in [-0.4, -0.2) is 17.0 Å². The Morgan fingerprint density at radius 1 is 0.909 bits per heavy atom. The van der Waals surface area contributed by atoms with E-state index in [4.69, 9.17) is 5.11 Å². The first kappa shape index (κ1) is 22.0. The van der Waals surface area contributed by atoms with Gasteiger partial charge in [-0.25, -0.2) is 9.18 Å². The van der Waals surface area contributed by atoms with Crippen molar-refractivity contribution in [3.63, 3.8) is 0 Å². The molecule has 164 valence electrons. The van der Waals surface area contributed by atoms with E-state index in [0.29, 0.717) is 23.1 Å². The summed E-state index contributed by atoms with van der Waals surface area (Å²) in [4.78, 5) is 24.4. The Morgan fingerprint density at radius 3 is 2.36 bits per heavy atom. The Kier molecular flexibility index (Phi) is 6.31. The van der Waals surface area contributed by atoms with Crippen molar-refractivity contribution >= 4 is 33.9 Å². The summed E-state index contributed by atoms with van der Waals surface area (Å²) in [6, 6.07) is 25.3. The van der Waals surface area contributed by atoms with Gasteiger partial charge in [0.05, 0.1) is 5.69 Å². The van der Waals surface area contributed by atoms with Crippen LogP contribution in [0.25, 0.3) is 27.5 Å². The SMILES string of the molecule is CC/C(=C\C(=O)O)c1ccc(F)c(NC(=O)c2cc(-c3ccccc3)cc3ccccc23)c1.